The van der Waals surface area contributed by atoms with Crippen LogP contribution in [0.5, 0.6) is 5.75 Å². The number of anilines is 2. The van der Waals surface area contributed by atoms with Gasteiger partial charge in [0.25, 0.3) is 0 Å². The second kappa shape index (κ2) is 7.97. The Balaban J connectivity index is 2.32. The Kier molecular flexibility index (Phi) is 6.15. The molecule has 1 N–H and O–H groups in total. The summed E-state index contributed by atoms with van der Waals surface area (Å²) in [7, 11) is -2.25. The number of carbonyl (C=O) groups is 1. The van der Waals surface area contributed by atoms with Crippen LogP contribution in [0.3, 0.4) is 0 Å². The number of nitrogens with one attached hydrogen (secondary N) is 1. The first-order chi connectivity index (χ1) is 12.1. The van der Waals surface area contributed by atoms with E-state index in [-0.39, 0.29) is 6.54 Å². The van der Waals surface area contributed by atoms with E-state index in [1.165, 1.54) is 7.11 Å². The Morgan fingerprint density at radius 3 is 2.46 bits per heavy atom. The van der Waals surface area contributed by atoms with Crippen molar-refractivity contribution in [2.75, 3.05) is 29.5 Å². The summed E-state index contributed by atoms with van der Waals surface area (Å²) in [4.78, 5) is 12.5. The van der Waals surface area contributed by atoms with Crippen LogP contribution in [0.1, 0.15) is 11.1 Å². The van der Waals surface area contributed by atoms with Crippen molar-refractivity contribution >= 4 is 38.9 Å². The fraction of sp³-hybridized carbons (Fsp3) is 0.278. The summed E-state index contributed by atoms with van der Waals surface area (Å²) in [6, 6.07) is 10.2. The third kappa shape index (κ3) is 4.89. The molecule has 0 aliphatic carbocycles. The minimum atomic E-state index is -3.70. The van der Waals surface area contributed by atoms with Crippen LogP contribution in [0.25, 0.3) is 0 Å². The summed E-state index contributed by atoms with van der Waals surface area (Å²) < 4.78 is 30.9. The van der Waals surface area contributed by atoms with Gasteiger partial charge in [0.05, 0.1) is 19.1 Å². The molecule has 0 fully saturated rings. The average molecular weight is 397 g/mol. The number of aryl methyl sites for hydroxylation is 2. The zero-order chi connectivity index (χ0) is 19.5. The number of hydrogen-bond donors (Lipinski definition) is 1. The van der Waals surface area contributed by atoms with Gasteiger partial charge in [0.1, 0.15) is 12.3 Å². The maximum absolute atomic E-state index is 12.5. The topological polar surface area (TPSA) is 75.7 Å². The van der Waals surface area contributed by atoms with Crippen molar-refractivity contribution in [1.82, 2.24) is 0 Å². The fourth-order valence-electron chi connectivity index (χ4n) is 2.46. The number of nitrogens with zero attached hydrogens (tertiary/aromatic N) is 1. The molecule has 0 aliphatic heterocycles. The summed E-state index contributed by atoms with van der Waals surface area (Å²) in [5.74, 6) is -0.0964. The van der Waals surface area contributed by atoms with Gasteiger partial charge in [-0.15, -0.1) is 0 Å². The van der Waals surface area contributed by atoms with Crippen LogP contribution in [0.4, 0.5) is 11.4 Å². The van der Waals surface area contributed by atoms with Gasteiger partial charge in [-0.1, -0.05) is 17.7 Å². The monoisotopic (exact) mass is 396 g/mol. The van der Waals surface area contributed by atoms with E-state index in [1.807, 2.05) is 6.92 Å². The second-order valence-electron chi connectivity index (χ2n) is 5.95. The van der Waals surface area contributed by atoms with Gasteiger partial charge in [-0.05, 0) is 55.3 Å². The van der Waals surface area contributed by atoms with E-state index in [9.17, 15) is 13.2 Å². The number of rotatable bonds is 6. The first-order valence-corrected chi connectivity index (χ1v) is 10.0. The maximum Gasteiger partial charge on any atom is 0.245 e. The molecule has 0 heterocycles. The van der Waals surface area contributed by atoms with Crippen molar-refractivity contribution in [3.05, 3.63) is 52.5 Å². The summed E-state index contributed by atoms with van der Waals surface area (Å²) in [5, 5.41) is 3.28. The van der Waals surface area contributed by atoms with E-state index >= 15 is 0 Å². The van der Waals surface area contributed by atoms with Gasteiger partial charge >= 0.3 is 0 Å². The van der Waals surface area contributed by atoms with Crippen LogP contribution in [-0.2, 0) is 14.8 Å². The Bertz CT molecular complexity index is 929. The van der Waals surface area contributed by atoms with Crippen LogP contribution in [0.2, 0.25) is 5.02 Å². The van der Waals surface area contributed by atoms with E-state index in [2.05, 4.69) is 5.32 Å². The molecule has 0 bridgehead atoms. The molecule has 2 aromatic rings. The molecular weight excluding hydrogens is 376 g/mol. The molecule has 0 saturated heterocycles. The highest BCUT2D eigenvalue weighted by Gasteiger charge is 2.24. The molecule has 0 saturated carbocycles. The number of amides is 1. The molecular formula is C18H21ClN2O4S. The Morgan fingerprint density at radius 1 is 1.19 bits per heavy atom. The van der Waals surface area contributed by atoms with Crippen molar-refractivity contribution in [3.8, 4) is 5.75 Å². The van der Waals surface area contributed by atoms with Crippen LogP contribution in [-0.4, -0.2) is 34.2 Å². The van der Waals surface area contributed by atoms with Gasteiger partial charge in [-0.25, -0.2) is 8.42 Å². The smallest absolute Gasteiger partial charge is 0.245 e. The molecule has 0 spiro atoms. The van der Waals surface area contributed by atoms with E-state index in [0.717, 1.165) is 21.7 Å². The van der Waals surface area contributed by atoms with E-state index in [4.69, 9.17) is 16.3 Å². The molecule has 140 valence electrons. The fourth-order valence-corrected chi connectivity index (χ4v) is 3.54. The molecule has 0 aromatic heterocycles. The number of sulfonamides is 1. The number of carbonyl (C=O) groups excluding carboxylic acids is 1. The van der Waals surface area contributed by atoms with Gasteiger partial charge in [-0.3, -0.25) is 9.10 Å². The summed E-state index contributed by atoms with van der Waals surface area (Å²) >= 11 is 5.91. The van der Waals surface area contributed by atoms with Gasteiger partial charge < -0.3 is 10.1 Å². The number of halogens is 1. The molecule has 26 heavy (non-hydrogen) atoms. The van der Waals surface area contributed by atoms with Gasteiger partial charge in [0.2, 0.25) is 15.9 Å². The predicted octanol–water partition coefficient (Wildman–Crippen LogP) is 3.37. The van der Waals surface area contributed by atoms with Crippen LogP contribution < -0.4 is 14.4 Å². The Hall–Kier alpha value is -2.25. The summed E-state index contributed by atoms with van der Waals surface area (Å²) in [5.41, 5.74) is 2.52. The Labute approximate surface area is 158 Å². The van der Waals surface area contributed by atoms with Crippen molar-refractivity contribution in [2.24, 2.45) is 0 Å². The van der Waals surface area contributed by atoms with E-state index < -0.39 is 15.9 Å². The molecule has 8 heteroatoms. The Morgan fingerprint density at radius 2 is 1.88 bits per heavy atom. The molecule has 1 amide bonds. The lowest BCUT2D eigenvalue weighted by atomic mass is 10.2. The predicted molar refractivity (Wildman–Crippen MR) is 105 cm³/mol. The zero-order valence-electron chi connectivity index (χ0n) is 15.0. The quantitative estimate of drug-likeness (QED) is 0.812. The van der Waals surface area contributed by atoms with Crippen LogP contribution in [0.15, 0.2) is 36.4 Å². The number of methoxy groups -OCH3 is 1. The highest BCUT2D eigenvalue weighted by Crippen LogP contribution is 2.31. The van der Waals surface area contributed by atoms with Gasteiger partial charge in [0.15, 0.2) is 0 Å². The lowest BCUT2D eigenvalue weighted by molar-refractivity contribution is -0.114. The highest BCUT2D eigenvalue weighted by molar-refractivity contribution is 7.92. The normalized spacial score (nSPS) is 11.1. The third-order valence-corrected chi connectivity index (χ3v) is 5.11. The third-order valence-electron chi connectivity index (χ3n) is 3.75. The van der Waals surface area contributed by atoms with Crippen LogP contribution >= 0.6 is 11.6 Å². The molecule has 2 rings (SSSR count). The molecule has 0 atom stereocenters. The standard InChI is InChI=1S/C18H21ClN2O4S/c1-12-5-8-17(25-3)16(9-12)21(26(4,23)24)11-18(22)20-15-7-6-14(19)10-13(15)2/h5-10H,11H2,1-4H3,(H,20,22). The summed E-state index contributed by atoms with van der Waals surface area (Å²) in [6.07, 6.45) is 1.05. The molecule has 0 radical (unpaired) electrons. The van der Waals surface area contributed by atoms with Gasteiger partial charge in [0, 0.05) is 10.7 Å². The second-order valence-corrected chi connectivity index (χ2v) is 8.30. The minimum absolute atomic E-state index is 0.318. The SMILES string of the molecule is COc1ccc(C)cc1N(CC(=O)Nc1ccc(Cl)cc1C)S(C)(=O)=O. The van der Waals surface area contributed by atoms with Crippen molar-refractivity contribution in [2.45, 2.75) is 13.8 Å². The molecule has 6 nitrogen and oxygen atoms in total. The number of ether oxygens (including phenoxy) is 1. The first-order valence-electron chi connectivity index (χ1n) is 7.80. The lowest BCUT2D eigenvalue weighted by Gasteiger charge is -2.24. The highest BCUT2D eigenvalue weighted by atomic mass is 35.5. The van der Waals surface area contributed by atoms with E-state index in [1.54, 1.807) is 43.3 Å². The molecule has 0 aliphatic rings. The van der Waals surface area contributed by atoms with Crippen LogP contribution in [0, 0.1) is 13.8 Å². The van der Waals surface area contributed by atoms with Crippen molar-refractivity contribution in [3.63, 3.8) is 0 Å². The number of benzene rings is 2. The molecule has 2 aromatic carbocycles. The van der Waals surface area contributed by atoms with Gasteiger partial charge in [-0.2, -0.15) is 0 Å². The average Bonchev–Trinajstić information content (AvgIpc) is 2.54. The minimum Gasteiger partial charge on any atom is -0.495 e. The zero-order valence-corrected chi connectivity index (χ0v) is 16.6. The number of hydrogen-bond acceptors (Lipinski definition) is 4. The van der Waals surface area contributed by atoms with Crippen molar-refractivity contribution < 1.29 is 17.9 Å². The lowest BCUT2D eigenvalue weighted by Crippen LogP contribution is -2.37. The van der Waals surface area contributed by atoms with Crippen molar-refractivity contribution in [1.29, 1.82) is 0 Å². The first kappa shape index (κ1) is 20.1. The largest absolute Gasteiger partial charge is 0.495 e. The van der Waals surface area contributed by atoms with E-state index in [0.29, 0.717) is 22.1 Å². The maximum atomic E-state index is 12.5. The molecule has 0 unspecified atom stereocenters. The summed E-state index contributed by atoms with van der Waals surface area (Å²) in [6.45, 7) is 3.26.